The summed E-state index contributed by atoms with van der Waals surface area (Å²) >= 11 is 0. The van der Waals surface area contributed by atoms with Gasteiger partial charge in [0.25, 0.3) is 5.91 Å². The minimum absolute atomic E-state index is 0.247. The van der Waals surface area contributed by atoms with E-state index in [0.29, 0.717) is 0 Å². The second-order valence-electron chi connectivity index (χ2n) is 6.93. The zero-order valence-corrected chi connectivity index (χ0v) is 17.6. The average molecular weight is 504 g/mol. The molecule has 186 valence electrons. The molecule has 0 aliphatic rings. The van der Waals surface area contributed by atoms with E-state index in [9.17, 15) is 40.3 Å². The highest BCUT2D eigenvalue weighted by molar-refractivity contribution is 5.99. The van der Waals surface area contributed by atoms with E-state index < -0.39 is 59.4 Å². The number of nitrogens with zero attached hydrogens (tertiary/aromatic N) is 2. The van der Waals surface area contributed by atoms with Crippen LogP contribution in [0.15, 0.2) is 48.5 Å². The summed E-state index contributed by atoms with van der Waals surface area (Å²) in [5.74, 6) is -6.73. The highest BCUT2D eigenvalue weighted by Crippen LogP contribution is 2.38. The molecule has 35 heavy (non-hydrogen) atoms. The number of carbonyl (C=O) groups is 2. The third kappa shape index (κ3) is 5.10. The van der Waals surface area contributed by atoms with Gasteiger partial charge >= 0.3 is 24.0 Å². The van der Waals surface area contributed by atoms with E-state index in [1.54, 1.807) is 0 Å². The molecule has 0 spiro atoms. The summed E-state index contributed by atoms with van der Waals surface area (Å²) in [7, 11) is 0. The van der Waals surface area contributed by atoms with Crippen molar-refractivity contribution in [2.45, 2.75) is 24.9 Å². The van der Waals surface area contributed by atoms with Crippen molar-refractivity contribution < 1.29 is 45.1 Å². The van der Waals surface area contributed by atoms with Crippen molar-refractivity contribution >= 4 is 28.7 Å². The van der Waals surface area contributed by atoms with Crippen LogP contribution >= 0.6 is 0 Å². The molecule has 2 aromatic carbocycles. The Kier molecular flexibility index (Phi) is 6.85. The Labute approximate surface area is 192 Å². The lowest BCUT2D eigenvalue weighted by Gasteiger charge is -2.35. The van der Waals surface area contributed by atoms with E-state index in [0.717, 1.165) is 37.3 Å². The third-order valence-corrected chi connectivity index (χ3v) is 4.57. The predicted octanol–water partition coefficient (Wildman–Crippen LogP) is 4.45. The summed E-state index contributed by atoms with van der Waals surface area (Å²) in [4.78, 5) is 32.0. The average Bonchev–Trinajstić information content (AvgIpc) is 2.77. The first kappa shape index (κ1) is 25.6. The van der Waals surface area contributed by atoms with Crippen LogP contribution in [0.1, 0.15) is 23.0 Å². The first-order chi connectivity index (χ1) is 16.3. The number of fused-ring (bicyclic) bond motifs is 1. The standard InChI is InChI=1S/C21H15F7N4O3/c1-2-35-18(34)19(21(26,27)28,32-17(33)11-7-3-4-8-12(11)22)31-16-15(20(23,24)25)29-13-9-5-6-10-14(13)30-16/h3-10H,2H2,1H3,(H,30,31)(H,32,33)/t19-/m0/s1. The van der Waals surface area contributed by atoms with Gasteiger partial charge in [-0.1, -0.05) is 24.3 Å². The van der Waals surface area contributed by atoms with E-state index in [4.69, 9.17) is 0 Å². The molecule has 0 fully saturated rings. The molecule has 14 heteroatoms. The van der Waals surface area contributed by atoms with Crippen LogP contribution in [0.25, 0.3) is 11.0 Å². The molecule has 1 aromatic heterocycles. The van der Waals surface area contributed by atoms with Gasteiger partial charge in [0.15, 0.2) is 11.5 Å². The molecule has 1 heterocycles. The number of halogens is 7. The SMILES string of the molecule is CCOC(=O)[C@@](NC(=O)c1ccccc1F)(Nc1nc2ccccc2nc1C(F)(F)F)C(F)(F)F. The van der Waals surface area contributed by atoms with Gasteiger partial charge in [-0.3, -0.25) is 4.79 Å². The summed E-state index contributed by atoms with van der Waals surface area (Å²) in [6, 6.07) is 8.84. The fourth-order valence-electron chi connectivity index (χ4n) is 2.98. The monoisotopic (exact) mass is 504 g/mol. The number of benzene rings is 2. The molecule has 0 aliphatic heterocycles. The number of nitrogens with one attached hydrogen (secondary N) is 2. The van der Waals surface area contributed by atoms with Crippen LogP contribution in [-0.4, -0.2) is 40.3 Å². The summed E-state index contributed by atoms with van der Waals surface area (Å²) in [5.41, 5.74) is -7.64. The molecule has 1 atom stereocenters. The Balaban J connectivity index is 2.23. The van der Waals surface area contributed by atoms with Gasteiger partial charge in [-0.2, -0.15) is 26.3 Å². The second-order valence-corrected chi connectivity index (χ2v) is 6.93. The molecule has 1 amide bonds. The minimum Gasteiger partial charge on any atom is -0.463 e. The zero-order valence-electron chi connectivity index (χ0n) is 17.6. The van der Waals surface area contributed by atoms with E-state index in [1.165, 1.54) is 28.8 Å². The second kappa shape index (κ2) is 9.35. The van der Waals surface area contributed by atoms with Gasteiger partial charge in [-0.05, 0) is 31.2 Å². The molecule has 0 aliphatic carbocycles. The number of amides is 1. The molecule has 0 saturated heterocycles. The zero-order chi connectivity index (χ0) is 26.0. The van der Waals surface area contributed by atoms with Crippen LogP contribution in [-0.2, 0) is 15.7 Å². The van der Waals surface area contributed by atoms with Gasteiger partial charge in [-0.15, -0.1) is 0 Å². The smallest absolute Gasteiger partial charge is 0.441 e. The quantitative estimate of drug-likeness (QED) is 0.293. The lowest BCUT2D eigenvalue weighted by molar-refractivity contribution is -0.205. The van der Waals surface area contributed by atoms with Crippen LogP contribution in [0.2, 0.25) is 0 Å². The number of para-hydroxylation sites is 2. The molecule has 7 nitrogen and oxygen atoms in total. The van der Waals surface area contributed by atoms with E-state index in [2.05, 4.69) is 14.7 Å². The van der Waals surface area contributed by atoms with Crippen molar-refractivity contribution in [2.75, 3.05) is 11.9 Å². The Bertz CT molecular complexity index is 1260. The van der Waals surface area contributed by atoms with Gasteiger partial charge in [0, 0.05) is 0 Å². The molecule has 0 radical (unpaired) electrons. The maximum atomic E-state index is 14.4. The summed E-state index contributed by atoms with van der Waals surface area (Å²) < 4.78 is 103. The van der Waals surface area contributed by atoms with Gasteiger partial charge in [0.05, 0.1) is 23.2 Å². The van der Waals surface area contributed by atoms with Gasteiger partial charge in [0.2, 0.25) is 0 Å². The maximum Gasteiger partial charge on any atom is 0.441 e. The number of aromatic nitrogens is 2. The number of hydrogen-bond acceptors (Lipinski definition) is 6. The van der Waals surface area contributed by atoms with Crippen LogP contribution in [0, 0.1) is 5.82 Å². The Morgan fingerprint density at radius 1 is 0.914 bits per heavy atom. The largest absolute Gasteiger partial charge is 0.463 e. The summed E-state index contributed by atoms with van der Waals surface area (Å²) in [5, 5.41) is 2.62. The fraction of sp³-hybridized carbons (Fsp3) is 0.238. The molecule has 0 saturated carbocycles. The number of carbonyl (C=O) groups excluding carboxylic acids is 2. The fourth-order valence-corrected chi connectivity index (χ4v) is 2.98. The van der Waals surface area contributed by atoms with Gasteiger partial charge < -0.3 is 15.4 Å². The number of rotatable bonds is 6. The van der Waals surface area contributed by atoms with Crippen molar-refractivity contribution in [3.63, 3.8) is 0 Å². The molecule has 0 bridgehead atoms. The highest BCUT2D eigenvalue weighted by atomic mass is 19.4. The number of hydrogen-bond donors (Lipinski definition) is 2. The molecule has 2 N–H and O–H groups in total. The molecule has 3 rings (SSSR count). The van der Waals surface area contributed by atoms with Gasteiger partial charge in [-0.25, -0.2) is 19.2 Å². The van der Waals surface area contributed by atoms with Crippen LogP contribution in [0.4, 0.5) is 36.6 Å². The summed E-state index contributed by atoms with van der Waals surface area (Å²) in [6.45, 7) is 0.498. The number of ether oxygens (including phenoxy) is 1. The van der Waals surface area contributed by atoms with Crippen LogP contribution in [0.3, 0.4) is 0 Å². The molecule has 3 aromatic rings. The van der Waals surface area contributed by atoms with Crippen molar-refractivity contribution in [3.8, 4) is 0 Å². The Morgan fingerprint density at radius 2 is 1.49 bits per heavy atom. The third-order valence-electron chi connectivity index (χ3n) is 4.57. The highest BCUT2D eigenvalue weighted by Gasteiger charge is 2.64. The predicted molar refractivity (Wildman–Crippen MR) is 107 cm³/mol. The van der Waals surface area contributed by atoms with Crippen molar-refractivity contribution in [1.29, 1.82) is 0 Å². The minimum atomic E-state index is -5.80. The Hall–Kier alpha value is -3.97. The van der Waals surface area contributed by atoms with Crippen molar-refractivity contribution in [2.24, 2.45) is 0 Å². The maximum absolute atomic E-state index is 14.4. The van der Waals surface area contributed by atoms with Gasteiger partial charge in [0.1, 0.15) is 5.82 Å². The van der Waals surface area contributed by atoms with Crippen LogP contribution in [0.5, 0.6) is 0 Å². The van der Waals surface area contributed by atoms with E-state index in [1.807, 2.05) is 0 Å². The molecular formula is C21H15F7N4O3. The van der Waals surface area contributed by atoms with Crippen molar-refractivity contribution in [3.05, 3.63) is 65.6 Å². The molecular weight excluding hydrogens is 489 g/mol. The van der Waals surface area contributed by atoms with E-state index >= 15 is 0 Å². The summed E-state index contributed by atoms with van der Waals surface area (Å²) in [6.07, 6.45) is -11.1. The lowest BCUT2D eigenvalue weighted by Crippen LogP contribution is -2.69. The number of anilines is 1. The number of esters is 1. The lowest BCUT2D eigenvalue weighted by atomic mass is 10.1. The molecule has 0 unspecified atom stereocenters. The van der Waals surface area contributed by atoms with E-state index in [-0.39, 0.29) is 11.0 Å². The first-order valence-corrected chi connectivity index (χ1v) is 9.73. The Morgan fingerprint density at radius 3 is 2.03 bits per heavy atom. The number of alkyl halides is 6. The normalized spacial score (nSPS) is 13.7. The first-order valence-electron chi connectivity index (χ1n) is 9.73. The van der Waals surface area contributed by atoms with Crippen molar-refractivity contribution in [1.82, 2.24) is 15.3 Å². The topological polar surface area (TPSA) is 93.2 Å². The van der Waals surface area contributed by atoms with Crippen LogP contribution < -0.4 is 10.6 Å².